The third kappa shape index (κ3) is 3.27. The molecule has 0 atom stereocenters. The average Bonchev–Trinajstić information content (AvgIpc) is 3.08. The van der Waals surface area contributed by atoms with Crippen molar-refractivity contribution in [2.45, 2.75) is 6.42 Å². The number of amides is 1. The lowest BCUT2D eigenvalue weighted by atomic mass is 10.2. The highest BCUT2D eigenvalue weighted by atomic mass is 16.5. The molecule has 4 rings (SSSR count). The number of benzene rings is 2. The summed E-state index contributed by atoms with van der Waals surface area (Å²) in [6.07, 6.45) is 2.31. The molecule has 0 saturated heterocycles. The van der Waals surface area contributed by atoms with Gasteiger partial charge in [-0.15, -0.1) is 5.10 Å². The van der Waals surface area contributed by atoms with Gasteiger partial charge < -0.3 is 14.8 Å². The molecule has 0 fully saturated rings. The van der Waals surface area contributed by atoms with Gasteiger partial charge in [-0.05, 0) is 40.8 Å². The summed E-state index contributed by atoms with van der Waals surface area (Å²) in [7, 11) is 0. The Labute approximate surface area is 143 Å². The minimum Gasteiger partial charge on any atom is -0.490 e. The van der Waals surface area contributed by atoms with E-state index in [-0.39, 0.29) is 5.91 Å². The highest BCUT2D eigenvalue weighted by Crippen LogP contribution is 2.32. The lowest BCUT2D eigenvalue weighted by molar-refractivity contribution is 0.102. The summed E-state index contributed by atoms with van der Waals surface area (Å²) in [5.41, 5.74) is 1.85. The van der Waals surface area contributed by atoms with Crippen molar-refractivity contribution in [2.24, 2.45) is 0 Å². The monoisotopic (exact) mass is 337 g/mol. The van der Waals surface area contributed by atoms with Gasteiger partial charge in [0.25, 0.3) is 5.91 Å². The molecule has 126 valence electrons. The summed E-state index contributed by atoms with van der Waals surface area (Å²) in [6, 6.07) is 12.4. The van der Waals surface area contributed by atoms with Crippen LogP contribution in [-0.4, -0.2) is 39.3 Å². The van der Waals surface area contributed by atoms with E-state index in [0.29, 0.717) is 41.7 Å². The molecule has 1 aromatic heterocycles. The number of carbonyl (C=O) groups excluding carboxylic acids is 1. The smallest absolute Gasteiger partial charge is 0.255 e. The Kier molecular flexibility index (Phi) is 3.99. The van der Waals surface area contributed by atoms with E-state index in [2.05, 4.69) is 20.8 Å². The molecule has 1 aliphatic heterocycles. The highest BCUT2D eigenvalue weighted by Gasteiger charge is 2.13. The number of hydrogen-bond donors (Lipinski definition) is 1. The van der Waals surface area contributed by atoms with Gasteiger partial charge in [-0.25, -0.2) is 4.68 Å². The Morgan fingerprint density at radius 1 is 1.08 bits per heavy atom. The fourth-order valence-corrected chi connectivity index (χ4v) is 2.51. The molecule has 3 aromatic rings. The fourth-order valence-electron chi connectivity index (χ4n) is 2.51. The van der Waals surface area contributed by atoms with Crippen LogP contribution in [0.5, 0.6) is 11.5 Å². The molecular formula is C17H15N5O3. The first-order chi connectivity index (χ1) is 12.3. The number of fused-ring (bicyclic) bond motifs is 1. The summed E-state index contributed by atoms with van der Waals surface area (Å²) in [4.78, 5) is 12.5. The van der Waals surface area contributed by atoms with E-state index in [1.165, 1.54) is 11.0 Å². The van der Waals surface area contributed by atoms with E-state index in [0.717, 1.165) is 6.42 Å². The number of ether oxygens (including phenoxy) is 2. The molecule has 2 aromatic carbocycles. The van der Waals surface area contributed by atoms with Gasteiger partial charge in [0.1, 0.15) is 6.33 Å². The maximum atomic E-state index is 12.5. The lowest BCUT2D eigenvalue weighted by Gasteiger charge is -2.11. The average molecular weight is 337 g/mol. The molecule has 8 nitrogen and oxygen atoms in total. The van der Waals surface area contributed by atoms with E-state index >= 15 is 0 Å². The first-order valence-corrected chi connectivity index (χ1v) is 7.84. The molecule has 8 heteroatoms. The Morgan fingerprint density at radius 3 is 2.80 bits per heavy atom. The number of tetrazole rings is 1. The maximum absolute atomic E-state index is 12.5. The topological polar surface area (TPSA) is 91.2 Å². The number of carbonyl (C=O) groups is 1. The van der Waals surface area contributed by atoms with Crippen molar-refractivity contribution >= 4 is 11.6 Å². The van der Waals surface area contributed by atoms with E-state index < -0.39 is 0 Å². The summed E-state index contributed by atoms with van der Waals surface area (Å²) < 4.78 is 12.7. The second-order valence-electron chi connectivity index (χ2n) is 5.47. The Balaban J connectivity index is 1.54. The SMILES string of the molecule is O=C(Nc1ccc2c(c1)OCCCO2)c1cccc(-n2cnnn2)c1. The van der Waals surface area contributed by atoms with Crippen LogP contribution in [0.1, 0.15) is 16.8 Å². The minimum atomic E-state index is -0.232. The van der Waals surface area contributed by atoms with Gasteiger partial charge in [-0.1, -0.05) is 6.07 Å². The quantitative estimate of drug-likeness (QED) is 0.787. The molecule has 2 heterocycles. The Bertz CT molecular complexity index is 895. The molecule has 0 saturated carbocycles. The maximum Gasteiger partial charge on any atom is 0.255 e. The van der Waals surface area contributed by atoms with Crippen LogP contribution in [-0.2, 0) is 0 Å². The normalized spacial score (nSPS) is 13.1. The molecule has 0 radical (unpaired) electrons. The number of nitrogens with one attached hydrogen (secondary N) is 1. The number of aromatic nitrogens is 4. The van der Waals surface area contributed by atoms with Crippen molar-refractivity contribution in [1.82, 2.24) is 20.2 Å². The first kappa shape index (κ1) is 15.1. The van der Waals surface area contributed by atoms with Crippen molar-refractivity contribution in [3.8, 4) is 17.2 Å². The molecule has 0 spiro atoms. The molecular weight excluding hydrogens is 322 g/mol. The van der Waals surface area contributed by atoms with Crippen molar-refractivity contribution in [2.75, 3.05) is 18.5 Å². The molecule has 25 heavy (non-hydrogen) atoms. The zero-order chi connectivity index (χ0) is 17.1. The fraction of sp³-hybridized carbons (Fsp3) is 0.176. The number of hydrogen-bond acceptors (Lipinski definition) is 6. The number of nitrogens with zero attached hydrogens (tertiary/aromatic N) is 4. The van der Waals surface area contributed by atoms with Crippen LogP contribution in [0.4, 0.5) is 5.69 Å². The lowest BCUT2D eigenvalue weighted by Crippen LogP contribution is -2.12. The predicted octanol–water partition coefficient (Wildman–Crippen LogP) is 2.08. The molecule has 1 aliphatic rings. The number of anilines is 1. The van der Waals surface area contributed by atoms with Crippen LogP contribution in [0.15, 0.2) is 48.8 Å². The van der Waals surface area contributed by atoms with Gasteiger partial charge >= 0.3 is 0 Å². The van der Waals surface area contributed by atoms with Crippen molar-refractivity contribution in [3.05, 3.63) is 54.4 Å². The van der Waals surface area contributed by atoms with Crippen LogP contribution >= 0.6 is 0 Å². The van der Waals surface area contributed by atoms with Gasteiger partial charge in [-0.3, -0.25) is 4.79 Å². The second kappa shape index (κ2) is 6.60. The van der Waals surface area contributed by atoms with E-state index in [1.807, 2.05) is 6.07 Å². The van der Waals surface area contributed by atoms with Crippen molar-refractivity contribution in [1.29, 1.82) is 0 Å². The van der Waals surface area contributed by atoms with Crippen LogP contribution in [0.2, 0.25) is 0 Å². The zero-order valence-corrected chi connectivity index (χ0v) is 13.3. The van der Waals surface area contributed by atoms with E-state index in [9.17, 15) is 4.79 Å². The van der Waals surface area contributed by atoms with Gasteiger partial charge in [0, 0.05) is 23.7 Å². The van der Waals surface area contributed by atoms with Gasteiger partial charge in [0.15, 0.2) is 11.5 Å². The van der Waals surface area contributed by atoms with Crippen molar-refractivity contribution < 1.29 is 14.3 Å². The minimum absolute atomic E-state index is 0.232. The van der Waals surface area contributed by atoms with Gasteiger partial charge in [0.2, 0.25) is 0 Å². The second-order valence-corrected chi connectivity index (χ2v) is 5.47. The largest absolute Gasteiger partial charge is 0.490 e. The molecule has 1 N–H and O–H groups in total. The van der Waals surface area contributed by atoms with Crippen LogP contribution in [0, 0.1) is 0 Å². The van der Waals surface area contributed by atoms with Crippen LogP contribution in [0.25, 0.3) is 5.69 Å². The summed E-state index contributed by atoms with van der Waals surface area (Å²) in [5.74, 6) is 1.10. The third-order valence-electron chi connectivity index (χ3n) is 3.73. The van der Waals surface area contributed by atoms with E-state index in [4.69, 9.17) is 9.47 Å². The number of rotatable bonds is 3. The van der Waals surface area contributed by atoms with Gasteiger partial charge in [0.05, 0.1) is 18.9 Å². The molecule has 1 amide bonds. The predicted molar refractivity (Wildman–Crippen MR) is 89.2 cm³/mol. The Morgan fingerprint density at radius 2 is 1.96 bits per heavy atom. The van der Waals surface area contributed by atoms with Crippen LogP contribution in [0.3, 0.4) is 0 Å². The highest BCUT2D eigenvalue weighted by molar-refractivity contribution is 6.04. The van der Waals surface area contributed by atoms with Crippen LogP contribution < -0.4 is 14.8 Å². The summed E-state index contributed by atoms with van der Waals surface area (Å²) >= 11 is 0. The molecule has 0 bridgehead atoms. The summed E-state index contributed by atoms with van der Waals surface area (Å²) in [6.45, 7) is 1.22. The van der Waals surface area contributed by atoms with Gasteiger partial charge in [-0.2, -0.15) is 0 Å². The molecule has 0 aliphatic carbocycles. The standard InChI is InChI=1S/C17H15N5O3/c23-17(12-3-1-4-14(9-12)22-11-18-20-21-22)19-13-5-6-15-16(10-13)25-8-2-7-24-15/h1,3-6,9-11H,2,7-8H2,(H,19,23). The van der Waals surface area contributed by atoms with Crippen molar-refractivity contribution in [3.63, 3.8) is 0 Å². The molecule has 0 unspecified atom stereocenters. The zero-order valence-electron chi connectivity index (χ0n) is 13.3. The summed E-state index contributed by atoms with van der Waals surface area (Å²) in [5, 5.41) is 13.9. The third-order valence-corrected chi connectivity index (χ3v) is 3.73. The van der Waals surface area contributed by atoms with E-state index in [1.54, 1.807) is 36.4 Å². The first-order valence-electron chi connectivity index (χ1n) is 7.84. The Hall–Kier alpha value is -3.42.